The van der Waals surface area contributed by atoms with E-state index in [-0.39, 0.29) is 33.2 Å². The van der Waals surface area contributed by atoms with Crippen LogP contribution in [0, 0.1) is 44.3 Å². The molecule has 0 radical (unpaired) electrons. The predicted octanol–water partition coefficient (Wildman–Crippen LogP) is 7.38. The molecular formula is C30H48O3. The number of rotatable bonds is 1. The van der Waals surface area contributed by atoms with Gasteiger partial charge in [0.25, 0.3) is 0 Å². The topological polar surface area (TPSA) is 57.5 Å². The molecule has 8 atom stereocenters. The zero-order valence-corrected chi connectivity index (χ0v) is 22.3. The fraction of sp³-hybridized carbons (Fsp3) is 0.900. The first-order valence-corrected chi connectivity index (χ1v) is 13.8. The zero-order chi connectivity index (χ0) is 24.2. The molecule has 0 bridgehead atoms. The molecule has 0 unspecified atom stereocenters. The quantitative estimate of drug-likeness (QED) is 0.405. The summed E-state index contributed by atoms with van der Waals surface area (Å²) < 4.78 is 0. The van der Waals surface area contributed by atoms with Crippen molar-refractivity contribution in [3.8, 4) is 0 Å². The molecule has 186 valence electrons. The van der Waals surface area contributed by atoms with Gasteiger partial charge in [0.15, 0.2) is 0 Å². The first-order chi connectivity index (χ1) is 15.1. The summed E-state index contributed by atoms with van der Waals surface area (Å²) in [6, 6.07) is 0. The van der Waals surface area contributed by atoms with Crippen LogP contribution in [0.2, 0.25) is 0 Å². The van der Waals surface area contributed by atoms with Crippen molar-refractivity contribution >= 4 is 5.97 Å². The van der Waals surface area contributed by atoms with Crippen LogP contribution >= 0.6 is 0 Å². The number of aliphatic hydroxyl groups is 1. The number of hydrogen-bond acceptors (Lipinski definition) is 2. The fourth-order valence-corrected chi connectivity index (χ4v) is 10.5. The van der Waals surface area contributed by atoms with Crippen molar-refractivity contribution in [1.82, 2.24) is 0 Å². The molecule has 2 N–H and O–H groups in total. The van der Waals surface area contributed by atoms with Gasteiger partial charge in [-0.15, -0.1) is 0 Å². The Balaban J connectivity index is 1.59. The second kappa shape index (κ2) is 6.89. The summed E-state index contributed by atoms with van der Waals surface area (Å²) >= 11 is 0. The third-order valence-electron chi connectivity index (χ3n) is 13.2. The van der Waals surface area contributed by atoms with E-state index in [0.29, 0.717) is 11.8 Å². The van der Waals surface area contributed by atoms with Crippen molar-refractivity contribution < 1.29 is 15.0 Å². The molecule has 0 heterocycles. The second-order valence-corrected chi connectivity index (χ2v) is 14.9. The van der Waals surface area contributed by atoms with Crippen LogP contribution in [0.5, 0.6) is 0 Å². The molecule has 3 fully saturated rings. The minimum atomic E-state index is -0.591. The Morgan fingerprint density at radius 1 is 0.788 bits per heavy atom. The molecule has 0 aromatic rings. The average molecular weight is 457 g/mol. The van der Waals surface area contributed by atoms with Gasteiger partial charge in [-0.3, -0.25) is 4.79 Å². The van der Waals surface area contributed by atoms with Crippen LogP contribution in [0.15, 0.2) is 11.1 Å². The minimum absolute atomic E-state index is 0.0228. The summed E-state index contributed by atoms with van der Waals surface area (Å²) in [4.78, 5) is 12.3. The Bertz CT molecular complexity index is 902. The standard InChI is InChI=1S/C30H48O3/c1-25(2)21-9-8-20-19(28(21,5)12-11-23(25)31)10-13-30(7)22-18-27(4,24(32)33)15-14-26(22,3)16-17-29(20,30)6/h21-23,31H,8-18H2,1-7H3,(H,32,33)/t21-,22+,23-,26+,27+,28+,29+,30-/m0/s1. The highest BCUT2D eigenvalue weighted by atomic mass is 16.4. The smallest absolute Gasteiger partial charge is 0.309 e. The summed E-state index contributed by atoms with van der Waals surface area (Å²) in [6.07, 6.45) is 11.8. The van der Waals surface area contributed by atoms with Crippen molar-refractivity contribution in [2.24, 2.45) is 44.3 Å². The maximum Gasteiger partial charge on any atom is 0.309 e. The van der Waals surface area contributed by atoms with Crippen molar-refractivity contribution in [2.75, 3.05) is 0 Å². The van der Waals surface area contributed by atoms with Gasteiger partial charge in [0.2, 0.25) is 0 Å². The van der Waals surface area contributed by atoms with E-state index >= 15 is 0 Å². The lowest BCUT2D eigenvalue weighted by molar-refractivity contribution is -0.175. The number of fused-ring (bicyclic) bond motifs is 6. The van der Waals surface area contributed by atoms with E-state index < -0.39 is 11.4 Å². The number of hydrogen-bond donors (Lipinski definition) is 2. The summed E-state index contributed by atoms with van der Waals surface area (Å²) in [5.41, 5.74) is 3.74. The summed E-state index contributed by atoms with van der Waals surface area (Å²) in [7, 11) is 0. The van der Waals surface area contributed by atoms with E-state index in [1.165, 1.54) is 38.5 Å². The normalized spacial score (nSPS) is 53.4. The van der Waals surface area contributed by atoms with Crippen molar-refractivity contribution in [2.45, 2.75) is 125 Å². The van der Waals surface area contributed by atoms with E-state index in [0.717, 1.165) is 32.1 Å². The largest absolute Gasteiger partial charge is 0.481 e. The van der Waals surface area contributed by atoms with Gasteiger partial charge in [-0.2, -0.15) is 0 Å². The summed E-state index contributed by atoms with van der Waals surface area (Å²) in [6.45, 7) is 16.8. The van der Waals surface area contributed by atoms with Crippen LogP contribution in [0.1, 0.15) is 119 Å². The molecule has 5 rings (SSSR count). The number of carboxylic acid groups (broad SMARTS) is 1. The Kier molecular flexibility index (Phi) is 4.99. The van der Waals surface area contributed by atoms with Gasteiger partial charge in [-0.1, -0.05) is 52.7 Å². The van der Waals surface area contributed by atoms with Crippen molar-refractivity contribution in [1.29, 1.82) is 0 Å². The lowest BCUT2D eigenvalue weighted by Gasteiger charge is -2.69. The van der Waals surface area contributed by atoms with E-state index in [2.05, 4.69) is 41.5 Å². The second-order valence-electron chi connectivity index (χ2n) is 14.9. The van der Waals surface area contributed by atoms with E-state index in [9.17, 15) is 15.0 Å². The lowest BCUT2D eigenvalue weighted by Crippen LogP contribution is -2.61. The Labute approximate surface area is 201 Å². The Morgan fingerprint density at radius 2 is 1.45 bits per heavy atom. The molecule has 3 nitrogen and oxygen atoms in total. The fourth-order valence-electron chi connectivity index (χ4n) is 10.5. The Morgan fingerprint density at radius 3 is 2.12 bits per heavy atom. The van der Waals surface area contributed by atoms with E-state index in [1.54, 1.807) is 11.1 Å². The van der Waals surface area contributed by atoms with Gasteiger partial charge in [-0.25, -0.2) is 0 Å². The van der Waals surface area contributed by atoms with Crippen LogP contribution < -0.4 is 0 Å². The molecular weight excluding hydrogens is 408 g/mol. The van der Waals surface area contributed by atoms with Crippen LogP contribution in [-0.4, -0.2) is 22.3 Å². The van der Waals surface area contributed by atoms with Crippen LogP contribution in [0.3, 0.4) is 0 Å². The maximum absolute atomic E-state index is 12.3. The molecule has 0 amide bonds. The third-order valence-corrected chi connectivity index (χ3v) is 13.2. The molecule has 3 heteroatoms. The van der Waals surface area contributed by atoms with Gasteiger partial charge in [0.05, 0.1) is 11.5 Å². The van der Waals surface area contributed by atoms with Gasteiger partial charge < -0.3 is 10.2 Å². The van der Waals surface area contributed by atoms with Gasteiger partial charge >= 0.3 is 5.97 Å². The van der Waals surface area contributed by atoms with Gasteiger partial charge in [0.1, 0.15) is 0 Å². The number of allylic oxidation sites excluding steroid dienone is 2. The van der Waals surface area contributed by atoms with Crippen molar-refractivity contribution in [3.63, 3.8) is 0 Å². The number of aliphatic carboxylic acids is 1. The first-order valence-electron chi connectivity index (χ1n) is 13.8. The van der Waals surface area contributed by atoms with Gasteiger partial charge in [-0.05, 0) is 116 Å². The predicted molar refractivity (Wildman–Crippen MR) is 133 cm³/mol. The van der Waals surface area contributed by atoms with Gasteiger partial charge in [0, 0.05) is 0 Å². The monoisotopic (exact) mass is 456 g/mol. The Hall–Kier alpha value is -0.830. The highest BCUT2D eigenvalue weighted by Gasteiger charge is 2.66. The molecule has 33 heavy (non-hydrogen) atoms. The highest BCUT2D eigenvalue weighted by molar-refractivity contribution is 5.74. The molecule has 0 aromatic heterocycles. The lowest BCUT2D eigenvalue weighted by atomic mass is 9.35. The molecule has 0 aromatic carbocycles. The molecule has 3 saturated carbocycles. The van der Waals surface area contributed by atoms with E-state index in [4.69, 9.17) is 0 Å². The average Bonchev–Trinajstić information content (AvgIpc) is 2.74. The number of carbonyl (C=O) groups is 1. The summed E-state index contributed by atoms with van der Waals surface area (Å²) in [5.74, 6) is 0.439. The van der Waals surface area contributed by atoms with E-state index in [1.807, 2.05) is 6.92 Å². The minimum Gasteiger partial charge on any atom is -0.481 e. The molecule has 0 saturated heterocycles. The summed E-state index contributed by atoms with van der Waals surface area (Å²) in [5, 5.41) is 21.0. The molecule has 0 spiro atoms. The third kappa shape index (κ3) is 2.87. The molecule has 5 aliphatic rings. The molecule has 0 aliphatic heterocycles. The van der Waals surface area contributed by atoms with Crippen LogP contribution in [-0.2, 0) is 4.79 Å². The van der Waals surface area contributed by atoms with Crippen LogP contribution in [0.25, 0.3) is 0 Å². The number of carboxylic acids is 1. The van der Waals surface area contributed by atoms with Crippen LogP contribution in [0.4, 0.5) is 0 Å². The van der Waals surface area contributed by atoms with Crippen molar-refractivity contribution in [3.05, 3.63) is 11.1 Å². The first kappa shape index (κ1) is 23.9. The maximum atomic E-state index is 12.3. The highest BCUT2D eigenvalue weighted by Crippen LogP contribution is 2.75. The SMILES string of the molecule is CC1(C)[C@@H](O)CC[C@]2(C)C3=C(CC[C@@H]12)[C@@]1(C)CC[C@@]2(C)CC[C@@](C)(C(=O)O)C[C@H]2[C@]1(C)CC3. The number of aliphatic hydroxyl groups excluding tert-OH is 1. The zero-order valence-electron chi connectivity index (χ0n) is 22.3. The molecule has 5 aliphatic carbocycles.